The van der Waals surface area contributed by atoms with Gasteiger partial charge in [0.05, 0.1) is 0 Å². The Labute approximate surface area is 98.7 Å². The van der Waals surface area contributed by atoms with Crippen molar-refractivity contribution in [1.29, 1.82) is 0 Å². The van der Waals surface area contributed by atoms with Crippen LogP contribution in [-0.4, -0.2) is 9.97 Å². The maximum Gasteiger partial charge on any atom is 0.221 e. The van der Waals surface area contributed by atoms with Crippen molar-refractivity contribution in [1.82, 2.24) is 9.97 Å². The van der Waals surface area contributed by atoms with E-state index in [-0.39, 0.29) is 11.8 Å². The smallest absolute Gasteiger partial charge is 0.221 e. The Morgan fingerprint density at radius 3 is 2.47 bits per heavy atom. The van der Waals surface area contributed by atoms with E-state index in [0.717, 1.165) is 16.8 Å². The van der Waals surface area contributed by atoms with E-state index in [4.69, 9.17) is 5.73 Å². The molecule has 0 amide bonds. The van der Waals surface area contributed by atoms with Crippen LogP contribution in [0.3, 0.4) is 0 Å². The molecular formula is C12H13FN4. The van der Waals surface area contributed by atoms with Crippen LogP contribution < -0.4 is 11.1 Å². The molecule has 0 saturated carbocycles. The molecule has 0 aliphatic heterocycles. The van der Waals surface area contributed by atoms with Crippen LogP contribution >= 0.6 is 0 Å². The first-order valence-electron chi connectivity index (χ1n) is 5.18. The molecule has 2 aromatic rings. The predicted molar refractivity (Wildman–Crippen MR) is 65.6 cm³/mol. The van der Waals surface area contributed by atoms with Gasteiger partial charge in [0.1, 0.15) is 11.6 Å². The van der Waals surface area contributed by atoms with Crippen molar-refractivity contribution >= 4 is 17.5 Å². The number of aromatic nitrogens is 2. The van der Waals surface area contributed by atoms with Crippen LogP contribution in [0.25, 0.3) is 0 Å². The number of nitrogens with zero attached hydrogens (tertiary/aromatic N) is 2. The third kappa shape index (κ3) is 2.50. The van der Waals surface area contributed by atoms with E-state index in [1.807, 2.05) is 13.8 Å². The lowest BCUT2D eigenvalue weighted by Crippen LogP contribution is -2.02. The van der Waals surface area contributed by atoms with Crippen LogP contribution in [0.5, 0.6) is 0 Å². The number of nitrogen functional groups attached to an aromatic ring is 1. The fourth-order valence-electron chi connectivity index (χ4n) is 1.68. The molecule has 0 radical (unpaired) electrons. The van der Waals surface area contributed by atoms with Crippen molar-refractivity contribution < 1.29 is 4.39 Å². The Bertz CT molecular complexity index is 531. The van der Waals surface area contributed by atoms with Gasteiger partial charge in [-0.25, -0.2) is 9.37 Å². The number of benzene rings is 1. The molecule has 1 aromatic carbocycles. The molecule has 0 bridgehead atoms. The molecule has 3 N–H and O–H groups in total. The van der Waals surface area contributed by atoms with Gasteiger partial charge in [0.2, 0.25) is 5.95 Å². The number of hydrogen-bond acceptors (Lipinski definition) is 4. The number of nitrogens with one attached hydrogen (secondary N) is 1. The minimum absolute atomic E-state index is 0.201. The number of anilines is 3. The summed E-state index contributed by atoms with van der Waals surface area (Å²) in [5, 5.41) is 3.11. The third-order valence-corrected chi connectivity index (χ3v) is 2.42. The summed E-state index contributed by atoms with van der Waals surface area (Å²) in [5.41, 5.74) is 7.97. The molecular weight excluding hydrogens is 219 g/mol. The first-order chi connectivity index (χ1) is 8.06. The summed E-state index contributed by atoms with van der Waals surface area (Å²) < 4.78 is 13.1. The van der Waals surface area contributed by atoms with Crippen LogP contribution in [0.4, 0.5) is 21.8 Å². The van der Waals surface area contributed by atoms with E-state index in [9.17, 15) is 4.39 Å². The second kappa shape index (κ2) is 4.37. The summed E-state index contributed by atoms with van der Waals surface area (Å²) >= 11 is 0. The highest BCUT2D eigenvalue weighted by Gasteiger charge is 2.06. The van der Waals surface area contributed by atoms with Gasteiger partial charge >= 0.3 is 0 Å². The van der Waals surface area contributed by atoms with Gasteiger partial charge in [0.25, 0.3) is 0 Å². The van der Waals surface area contributed by atoms with Crippen LogP contribution in [0.1, 0.15) is 11.1 Å². The monoisotopic (exact) mass is 232 g/mol. The van der Waals surface area contributed by atoms with Gasteiger partial charge in [0, 0.05) is 11.9 Å². The highest BCUT2D eigenvalue weighted by Crippen LogP contribution is 2.24. The Balaban J connectivity index is 2.36. The standard InChI is InChI=1S/C12H13FN4/c1-7-5-9(13)6-8(2)11(7)16-10-3-4-15-12(14)17-10/h3-6H,1-2H3,(H3,14,15,16,17). The number of nitrogens with two attached hydrogens (primary N) is 1. The van der Waals surface area contributed by atoms with Crippen molar-refractivity contribution in [3.63, 3.8) is 0 Å². The molecule has 0 saturated heterocycles. The second-order valence-corrected chi connectivity index (χ2v) is 3.84. The highest BCUT2D eigenvalue weighted by atomic mass is 19.1. The number of hydrogen-bond donors (Lipinski definition) is 2. The summed E-state index contributed by atoms with van der Waals surface area (Å²) in [6.07, 6.45) is 1.57. The molecule has 0 atom stereocenters. The normalized spacial score (nSPS) is 10.3. The van der Waals surface area contributed by atoms with Gasteiger partial charge in [-0.15, -0.1) is 0 Å². The zero-order valence-corrected chi connectivity index (χ0v) is 9.66. The lowest BCUT2D eigenvalue weighted by molar-refractivity contribution is 0.625. The molecule has 2 rings (SSSR count). The zero-order valence-electron chi connectivity index (χ0n) is 9.66. The molecule has 0 unspecified atom stereocenters. The summed E-state index contributed by atoms with van der Waals surface area (Å²) in [5.74, 6) is 0.551. The number of aryl methyl sites for hydroxylation is 2. The van der Waals surface area contributed by atoms with Gasteiger partial charge in [-0.2, -0.15) is 4.98 Å². The van der Waals surface area contributed by atoms with Crippen molar-refractivity contribution in [2.24, 2.45) is 0 Å². The Morgan fingerprint density at radius 2 is 1.88 bits per heavy atom. The Kier molecular flexibility index (Phi) is 2.91. The largest absolute Gasteiger partial charge is 0.368 e. The van der Waals surface area contributed by atoms with Crippen LogP contribution in [-0.2, 0) is 0 Å². The summed E-state index contributed by atoms with van der Waals surface area (Å²) in [7, 11) is 0. The van der Waals surface area contributed by atoms with E-state index in [1.165, 1.54) is 12.1 Å². The topological polar surface area (TPSA) is 63.8 Å². The van der Waals surface area contributed by atoms with Crippen LogP contribution in [0, 0.1) is 19.7 Å². The molecule has 0 spiro atoms. The van der Waals surface area contributed by atoms with E-state index in [2.05, 4.69) is 15.3 Å². The fourth-order valence-corrected chi connectivity index (χ4v) is 1.68. The lowest BCUT2D eigenvalue weighted by atomic mass is 10.1. The summed E-state index contributed by atoms with van der Waals surface area (Å²) in [4.78, 5) is 7.84. The highest BCUT2D eigenvalue weighted by molar-refractivity contribution is 5.64. The number of halogens is 1. The minimum atomic E-state index is -0.243. The first-order valence-corrected chi connectivity index (χ1v) is 5.18. The quantitative estimate of drug-likeness (QED) is 0.835. The van der Waals surface area contributed by atoms with Crippen molar-refractivity contribution in [2.75, 3.05) is 11.1 Å². The molecule has 0 aliphatic carbocycles. The first kappa shape index (κ1) is 11.3. The molecule has 1 aromatic heterocycles. The molecule has 5 heteroatoms. The summed E-state index contributed by atoms with van der Waals surface area (Å²) in [6.45, 7) is 3.67. The Morgan fingerprint density at radius 1 is 1.24 bits per heavy atom. The zero-order chi connectivity index (χ0) is 12.4. The van der Waals surface area contributed by atoms with E-state index < -0.39 is 0 Å². The van der Waals surface area contributed by atoms with Gasteiger partial charge < -0.3 is 11.1 Å². The SMILES string of the molecule is Cc1cc(F)cc(C)c1Nc1ccnc(N)n1. The van der Waals surface area contributed by atoms with Crippen molar-refractivity contribution in [2.45, 2.75) is 13.8 Å². The minimum Gasteiger partial charge on any atom is -0.368 e. The van der Waals surface area contributed by atoms with Crippen LogP contribution in [0.15, 0.2) is 24.4 Å². The Hall–Kier alpha value is -2.17. The molecule has 0 fully saturated rings. The molecule has 4 nitrogen and oxygen atoms in total. The second-order valence-electron chi connectivity index (χ2n) is 3.84. The summed E-state index contributed by atoms with van der Waals surface area (Å²) in [6, 6.07) is 4.65. The molecule has 88 valence electrons. The average molecular weight is 232 g/mol. The van der Waals surface area contributed by atoms with Crippen molar-refractivity contribution in [3.8, 4) is 0 Å². The molecule has 1 heterocycles. The number of rotatable bonds is 2. The van der Waals surface area contributed by atoms with E-state index in [0.29, 0.717) is 5.82 Å². The average Bonchev–Trinajstić information content (AvgIpc) is 2.23. The van der Waals surface area contributed by atoms with E-state index in [1.54, 1.807) is 12.3 Å². The maximum atomic E-state index is 13.1. The molecule has 0 aliphatic rings. The fraction of sp³-hybridized carbons (Fsp3) is 0.167. The van der Waals surface area contributed by atoms with Gasteiger partial charge in [-0.3, -0.25) is 0 Å². The van der Waals surface area contributed by atoms with Gasteiger partial charge in [-0.05, 0) is 43.2 Å². The van der Waals surface area contributed by atoms with Gasteiger partial charge in [-0.1, -0.05) is 0 Å². The predicted octanol–water partition coefficient (Wildman–Crippen LogP) is 2.56. The van der Waals surface area contributed by atoms with Crippen LogP contribution in [0.2, 0.25) is 0 Å². The van der Waals surface area contributed by atoms with Crippen molar-refractivity contribution in [3.05, 3.63) is 41.3 Å². The maximum absolute atomic E-state index is 13.1. The molecule has 17 heavy (non-hydrogen) atoms. The van der Waals surface area contributed by atoms with Gasteiger partial charge in [0.15, 0.2) is 0 Å². The lowest BCUT2D eigenvalue weighted by Gasteiger charge is -2.12. The third-order valence-electron chi connectivity index (χ3n) is 2.42. The van der Waals surface area contributed by atoms with E-state index >= 15 is 0 Å².